The Balaban J connectivity index is 1.59. The maximum Gasteiger partial charge on any atom is 0.241 e. The van der Waals surface area contributed by atoms with Crippen LogP contribution in [0.25, 0.3) is 10.9 Å². The van der Waals surface area contributed by atoms with Gasteiger partial charge in [-0.2, -0.15) is 9.82 Å². The van der Waals surface area contributed by atoms with Crippen LogP contribution in [0.2, 0.25) is 5.15 Å². The second-order valence-corrected chi connectivity index (χ2v) is 10.1. The molecule has 0 aliphatic carbocycles. The molecular weight excluding hydrogens is 438 g/mol. The maximum absolute atomic E-state index is 13.3. The summed E-state index contributed by atoms with van der Waals surface area (Å²) in [6.45, 7) is 3.75. The largest absolute Gasteiger partial charge is 0.361 e. The molecule has 3 aromatic rings. The summed E-state index contributed by atoms with van der Waals surface area (Å²) in [5.41, 5.74) is 0.721. The number of aromatic amines is 1. The normalized spacial score (nSPS) is 16.6. The average Bonchev–Trinajstić information content (AvgIpc) is 3.39. The molecule has 10 heteroatoms. The molecule has 1 amide bonds. The molecule has 1 aliphatic rings. The standard InChI is InChI=1S/C21H26ClN5O3S/c1-15-7-12-26(13-8-15)21(28)18(9-14-27-20(22)6-11-24-27)25-31(29,30)19-4-2-3-17-16(19)5-10-23-17/h2-6,10-11,15,18,23,25H,7-9,12-14H2,1H3. The highest BCUT2D eigenvalue weighted by Gasteiger charge is 2.31. The van der Waals surface area contributed by atoms with Gasteiger partial charge < -0.3 is 9.88 Å². The number of halogens is 1. The molecule has 1 saturated heterocycles. The lowest BCUT2D eigenvalue weighted by Crippen LogP contribution is -2.51. The fraction of sp³-hybridized carbons (Fsp3) is 0.429. The van der Waals surface area contributed by atoms with E-state index in [9.17, 15) is 13.2 Å². The number of aryl methyl sites for hydroxylation is 1. The van der Waals surface area contributed by atoms with E-state index in [0.29, 0.717) is 36.1 Å². The van der Waals surface area contributed by atoms with Crippen molar-refractivity contribution in [3.05, 3.63) is 47.9 Å². The van der Waals surface area contributed by atoms with E-state index in [4.69, 9.17) is 11.6 Å². The van der Waals surface area contributed by atoms with Gasteiger partial charge in [-0.25, -0.2) is 8.42 Å². The van der Waals surface area contributed by atoms with Crippen LogP contribution in [0.5, 0.6) is 0 Å². The van der Waals surface area contributed by atoms with E-state index >= 15 is 0 Å². The predicted octanol–water partition coefficient (Wildman–Crippen LogP) is 3.01. The van der Waals surface area contributed by atoms with Crippen LogP contribution in [0.4, 0.5) is 0 Å². The Morgan fingerprint density at radius 2 is 2.06 bits per heavy atom. The number of rotatable bonds is 7. The van der Waals surface area contributed by atoms with Gasteiger partial charge in [0.1, 0.15) is 11.2 Å². The molecule has 0 radical (unpaired) electrons. The number of piperidine rings is 1. The first-order valence-corrected chi connectivity index (χ1v) is 12.3. The van der Waals surface area contributed by atoms with Crippen molar-refractivity contribution in [3.63, 3.8) is 0 Å². The summed E-state index contributed by atoms with van der Waals surface area (Å²) in [6, 6.07) is 7.50. The fourth-order valence-corrected chi connectivity index (χ4v) is 5.59. The van der Waals surface area contributed by atoms with Gasteiger partial charge in [-0.05, 0) is 49.4 Å². The maximum atomic E-state index is 13.3. The number of hydrogen-bond donors (Lipinski definition) is 2. The minimum atomic E-state index is -3.93. The minimum Gasteiger partial charge on any atom is -0.361 e. The van der Waals surface area contributed by atoms with Crippen molar-refractivity contribution < 1.29 is 13.2 Å². The van der Waals surface area contributed by atoms with Gasteiger partial charge in [0, 0.05) is 36.7 Å². The summed E-state index contributed by atoms with van der Waals surface area (Å²) in [4.78, 5) is 18.2. The molecule has 4 rings (SSSR count). The van der Waals surface area contributed by atoms with Gasteiger partial charge in [-0.3, -0.25) is 9.48 Å². The summed E-state index contributed by atoms with van der Waals surface area (Å²) in [7, 11) is -3.93. The molecule has 1 atom stereocenters. The molecule has 166 valence electrons. The highest BCUT2D eigenvalue weighted by molar-refractivity contribution is 7.89. The number of carbonyl (C=O) groups is 1. The first kappa shape index (κ1) is 21.9. The van der Waals surface area contributed by atoms with E-state index in [0.717, 1.165) is 18.4 Å². The minimum absolute atomic E-state index is 0.147. The zero-order chi connectivity index (χ0) is 22.0. The highest BCUT2D eigenvalue weighted by Crippen LogP contribution is 2.23. The molecule has 0 bridgehead atoms. The number of aromatic nitrogens is 3. The third-order valence-corrected chi connectivity index (χ3v) is 7.68. The average molecular weight is 464 g/mol. The number of hydrogen-bond acceptors (Lipinski definition) is 4. The molecular formula is C21H26ClN5O3S. The number of H-pyrrole nitrogens is 1. The van der Waals surface area contributed by atoms with Crippen LogP contribution in [0, 0.1) is 5.92 Å². The van der Waals surface area contributed by atoms with Gasteiger partial charge in [0.25, 0.3) is 0 Å². The predicted molar refractivity (Wildman–Crippen MR) is 119 cm³/mol. The van der Waals surface area contributed by atoms with E-state index in [1.54, 1.807) is 46.2 Å². The van der Waals surface area contributed by atoms with Crippen molar-refractivity contribution in [3.8, 4) is 0 Å². The SMILES string of the molecule is CC1CCN(C(=O)C(CCn2nccc2Cl)NS(=O)(=O)c2cccc3[nH]ccc23)CC1. The number of amides is 1. The Morgan fingerprint density at radius 1 is 1.29 bits per heavy atom. The number of fused-ring (bicyclic) bond motifs is 1. The smallest absolute Gasteiger partial charge is 0.241 e. The van der Waals surface area contributed by atoms with Crippen LogP contribution in [-0.4, -0.2) is 53.1 Å². The second-order valence-electron chi connectivity index (χ2n) is 8.04. The fourth-order valence-electron chi connectivity index (χ4n) is 3.96. The van der Waals surface area contributed by atoms with Crippen molar-refractivity contribution >= 4 is 38.4 Å². The van der Waals surface area contributed by atoms with Crippen LogP contribution in [0.3, 0.4) is 0 Å². The van der Waals surface area contributed by atoms with Crippen molar-refractivity contribution in [1.29, 1.82) is 0 Å². The Kier molecular flexibility index (Phi) is 6.36. The van der Waals surface area contributed by atoms with E-state index < -0.39 is 16.1 Å². The van der Waals surface area contributed by atoms with E-state index in [1.165, 1.54) is 0 Å². The van der Waals surface area contributed by atoms with Crippen molar-refractivity contribution in [2.75, 3.05) is 13.1 Å². The summed E-state index contributed by atoms with van der Waals surface area (Å²) >= 11 is 6.11. The molecule has 1 aliphatic heterocycles. The molecule has 2 N–H and O–H groups in total. The number of likely N-dealkylation sites (tertiary alicyclic amines) is 1. The number of nitrogens with one attached hydrogen (secondary N) is 2. The van der Waals surface area contributed by atoms with Crippen LogP contribution < -0.4 is 4.72 Å². The van der Waals surface area contributed by atoms with Gasteiger partial charge in [0.15, 0.2) is 0 Å². The molecule has 1 fully saturated rings. The summed E-state index contributed by atoms with van der Waals surface area (Å²) in [6.07, 6.45) is 5.34. The van der Waals surface area contributed by atoms with Gasteiger partial charge in [-0.1, -0.05) is 24.6 Å². The zero-order valence-corrected chi connectivity index (χ0v) is 18.9. The van der Waals surface area contributed by atoms with Crippen molar-refractivity contribution in [1.82, 2.24) is 24.4 Å². The Morgan fingerprint density at radius 3 is 2.77 bits per heavy atom. The summed E-state index contributed by atoms with van der Waals surface area (Å²) < 4.78 is 30.8. The number of sulfonamides is 1. The highest BCUT2D eigenvalue weighted by atomic mass is 35.5. The Bertz CT molecular complexity index is 1160. The van der Waals surface area contributed by atoms with Gasteiger partial charge in [0.05, 0.1) is 11.1 Å². The molecule has 3 heterocycles. The molecule has 0 spiro atoms. The lowest BCUT2D eigenvalue weighted by atomic mass is 9.98. The number of nitrogens with zero attached hydrogens (tertiary/aromatic N) is 3. The van der Waals surface area contributed by atoms with Crippen molar-refractivity contribution in [2.45, 2.75) is 43.7 Å². The monoisotopic (exact) mass is 463 g/mol. The summed E-state index contributed by atoms with van der Waals surface area (Å²) in [5, 5.41) is 5.17. The first-order valence-electron chi connectivity index (χ1n) is 10.4. The molecule has 1 unspecified atom stereocenters. The van der Waals surface area contributed by atoms with Crippen molar-refractivity contribution in [2.24, 2.45) is 5.92 Å². The zero-order valence-electron chi connectivity index (χ0n) is 17.3. The number of carbonyl (C=O) groups excluding carboxylic acids is 1. The lowest BCUT2D eigenvalue weighted by Gasteiger charge is -2.33. The second kappa shape index (κ2) is 9.02. The Hall–Kier alpha value is -2.36. The molecule has 2 aromatic heterocycles. The molecule has 0 saturated carbocycles. The van der Waals surface area contributed by atoms with Gasteiger partial charge >= 0.3 is 0 Å². The topological polar surface area (TPSA) is 100 Å². The quantitative estimate of drug-likeness (QED) is 0.562. The Labute approximate surface area is 186 Å². The molecule has 1 aromatic carbocycles. The van der Waals surface area contributed by atoms with Crippen LogP contribution in [0.1, 0.15) is 26.2 Å². The molecule has 8 nitrogen and oxygen atoms in total. The van der Waals surface area contributed by atoms with E-state index in [2.05, 4.69) is 21.7 Å². The van der Waals surface area contributed by atoms with Crippen LogP contribution >= 0.6 is 11.6 Å². The van der Waals surface area contributed by atoms with Gasteiger partial charge in [0.2, 0.25) is 15.9 Å². The number of benzene rings is 1. The third kappa shape index (κ3) is 4.78. The van der Waals surface area contributed by atoms with Gasteiger partial charge in [-0.15, -0.1) is 0 Å². The lowest BCUT2D eigenvalue weighted by molar-refractivity contribution is -0.134. The molecule has 31 heavy (non-hydrogen) atoms. The third-order valence-electron chi connectivity index (χ3n) is 5.83. The van der Waals surface area contributed by atoms with Crippen LogP contribution in [0.15, 0.2) is 47.6 Å². The van der Waals surface area contributed by atoms with E-state index in [-0.39, 0.29) is 17.2 Å². The summed E-state index contributed by atoms with van der Waals surface area (Å²) in [5.74, 6) is 0.355. The first-order chi connectivity index (χ1) is 14.8. The van der Waals surface area contributed by atoms with E-state index in [1.807, 2.05) is 6.07 Å². The van der Waals surface area contributed by atoms with Crippen LogP contribution in [-0.2, 0) is 21.4 Å².